The Morgan fingerprint density at radius 2 is 2.12 bits per heavy atom. The molecule has 4 heteroatoms. The molecule has 0 saturated carbocycles. The number of aryl methyl sites for hydroxylation is 1. The number of pyridine rings is 1. The van der Waals surface area contributed by atoms with Gasteiger partial charge in [0, 0.05) is 24.8 Å². The van der Waals surface area contributed by atoms with E-state index in [9.17, 15) is 0 Å². The van der Waals surface area contributed by atoms with Gasteiger partial charge in [0.1, 0.15) is 11.7 Å². The number of aromatic nitrogens is 1. The molecule has 94 valence electrons. The van der Waals surface area contributed by atoms with E-state index >= 15 is 0 Å². The van der Waals surface area contributed by atoms with Gasteiger partial charge in [-0.25, -0.2) is 4.98 Å². The van der Waals surface area contributed by atoms with Gasteiger partial charge in [-0.05, 0) is 25.5 Å². The number of anilines is 1. The van der Waals surface area contributed by atoms with Gasteiger partial charge in [0.15, 0.2) is 0 Å². The molecule has 1 aromatic rings. The molecule has 1 heterocycles. The summed E-state index contributed by atoms with van der Waals surface area (Å²) in [5.74, 6) is 0.991. The Morgan fingerprint density at radius 1 is 1.41 bits per heavy atom. The van der Waals surface area contributed by atoms with Crippen LogP contribution in [-0.2, 0) is 0 Å². The standard InChI is InChI=1S/C13H22N4/c1-4-5-6-7-17(3)12-9-11(13(14)15)8-10(2)16-12/h8-9H,4-7H2,1-3H3,(H3,14,15). The molecule has 0 fully saturated rings. The second-order valence-electron chi connectivity index (χ2n) is 4.40. The highest BCUT2D eigenvalue weighted by Gasteiger charge is 2.06. The molecule has 0 aliphatic rings. The van der Waals surface area contributed by atoms with Gasteiger partial charge < -0.3 is 10.6 Å². The van der Waals surface area contributed by atoms with E-state index in [1.54, 1.807) is 0 Å². The molecule has 0 amide bonds. The number of hydrogen-bond acceptors (Lipinski definition) is 3. The van der Waals surface area contributed by atoms with Crippen molar-refractivity contribution in [1.29, 1.82) is 5.41 Å². The van der Waals surface area contributed by atoms with E-state index in [4.69, 9.17) is 11.1 Å². The average molecular weight is 234 g/mol. The third-order valence-electron chi connectivity index (χ3n) is 2.74. The number of nitrogens with one attached hydrogen (secondary N) is 1. The van der Waals surface area contributed by atoms with E-state index in [2.05, 4.69) is 16.8 Å². The number of amidine groups is 1. The molecule has 0 bridgehead atoms. The van der Waals surface area contributed by atoms with E-state index in [1.165, 1.54) is 12.8 Å². The highest BCUT2D eigenvalue weighted by Crippen LogP contribution is 2.14. The zero-order chi connectivity index (χ0) is 12.8. The third-order valence-corrected chi connectivity index (χ3v) is 2.74. The summed E-state index contributed by atoms with van der Waals surface area (Å²) in [6.07, 6.45) is 3.61. The van der Waals surface area contributed by atoms with Crippen molar-refractivity contribution in [2.45, 2.75) is 33.1 Å². The Labute approximate surface area is 103 Å². The summed E-state index contributed by atoms with van der Waals surface area (Å²) in [5, 5.41) is 7.47. The number of unbranched alkanes of at least 4 members (excludes halogenated alkanes) is 2. The fraction of sp³-hybridized carbons (Fsp3) is 0.538. The van der Waals surface area contributed by atoms with Crippen molar-refractivity contribution in [3.63, 3.8) is 0 Å². The van der Waals surface area contributed by atoms with Crippen LogP contribution in [0.3, 0.4) is 0 Å². The summed E-state index contributed by atoms with van der Waals surface area (Å²) in [6.45, 7) is 5.11. The molecular weight excluding hydrogens is 212 g/mol. The Hall–Kier alpha value is -1.58. The minimum absolute atomic E-state index is 0.0960. The van der Waals surface area contributed by atoms with Gasteiger partial charge in [-0.3, -0.25) is 5.41 Å². The van der Waals surface area contributed by atoms with Gasteiger partial charge in [0.05, 0.1) is 0 Å². The maximum Gasteiger partial charge on any atom is 0.129 e. The third kappa shape index (κ3) is 4.06. The Morgan fingerprint density at radius 3 is 2.71 bits per heavy atom. The second-order valence-corrected chi connectivity index (χ2v) is 4.40. The van der Waals surface area contributed by atoms with Crippen molar-refractivity contribution < 1.29 is 0 Å². The van der Waals surface area contributed by atoms with Crippen LogP contribution >= 0.6 is 0 Å². The SMILES string of the molecule is CCCCCN(C)c1cc(C(=N)N)cc(C)n1. The van der Waals surface area contributed by atoms with Crippen LogP contribution in [0.15, 0.2) is 12.1 Å². The normalized spacial score (nSPS) is 10.3. The van der Waals surface area contributed by atoms with Crippen molar-refractivity contribution >= 4 is 11.7 Å². The first-order valence-corrected chi connectivity index (χ1v) is 6.08. The molecular formula is C13H22N4. The average Bonchev–Trinajstić information content (AvgIpc) is 2.28. The van der Waals surface area contributed by atoms with Gasteiger partial charge in [-0.15, -0.1) is 0 Å². The number of hydrogen-bond donors (Lipinski definition) is 2. The summed E-state index contributed by atoms with van der Waals surface area (Å²) < 4.78 is 0. The van der Waals surface area contributed by atoms with Crippen molar-refractivity contribution in [2.75, 3.05) is 18.5 Å². The number of nitrogen functional groups attached to an aromatic ring is 1. The zero-order valence-corrected chi connectivity index (χ0v) is 11.0. The van der Waals surface area contributed by atoms with Crippen LogP contribution < -0.4 is 10.6 Å². The summed E-state index contributed by atoms with van der Waals surface area (Å²) >= 11 is 0. The number of nitrogens with two attached hydrogens (primary N) is 1. The Kier molecular flexibility index (Phi) is 4.94. The molecule has 0 aliphatic heterocycles. The lowest BCUT2D eigenvalue weighted by molar-refractivity contribution is 0.701. The fourth-order valence-corrected chi connectivity index (χ4v) is 1.72. The molecule has 3 N–H and O–H groups in total. The lowest BCUT2D eigenvalue weighted by atomic mass is 10.2. The maximum absolute atomic E-state index is 7.47. The first-order valence-electron chi connectivity index (χ1n) is 6.08. The predicted octanol–water partition coefficient (Wildman–Crippen LogP) is 2.30. The van der Waals surface area contributed by atoms with Gasteiger partial charge in [0.2, 0.25) is 0 Å². The molecule has 0 spiro atoms. The number of nitrogens with zero attached hydrogens (tertiary/aromatic N) is 2. The largest absolute Gasteiger partial charge is 0.384 e. The van der Waals surface area contributed by atoms with E-state index in [1.807, 2.05) is 26.1 Å². The van der Waals surface area contributed by atoms with Gasteiger partial charge in [0.25, 0.3) is 0 Å². The molecule has 0 saturated heterocycles. The maximum atomic E-state index is 7.47. The van der Waals surface area contributed by atoms with Gasteiger partial charge >= 0.3 is 0 Å². The van der Waals surface area contributed by atoms with E-state index in [0.29, 0.717) is 0 Å². The predicted molar refractivity (Wildman–Crippen MR) is 72.8 cm³/mol. The second kappa shape index (κ2) is 6.23. The molecule has 0 atom stereocenters. The highest BCUT2D eigenvalue weighted by molar-refractivity contribution is 5.95. The van der Waals surface area contributed by atoms with Crippen molar-refractivity contribution in [2.24, 2.45) is 5.73 Å². The summed E-state index contributed by atoms with van der Waals surface area (Å²) in [4.78, 5) is 6.59. The first-order chi connectivity index (χ1) is 8.04. The van der Waals surface area contributed by atoms with Crippen LogP contribution in [0.4, 0.5) is 5.82 Å². The molecule has 0 aliphatic carbocycles. The minimum atomic E-state index is 0.0960. The van der Waals surface area contributed by atoms with E-state index < -0.39 is 0 Å². The lowest BCUT2D eigenvalue weighted by Crippen LogP contribution is -2.21. The Balaban J connectivity index is 2.78. The van der Waals surface area contributed by atoms with Crippen LogP contribution in [-0.4, -0.2) is 24.4 Å². The summed E-state index contributed by atoms with van der Waals surface area (Å²) in [6, 6.07) is 3.72. The Bertz CT molecular complexity index is 387. The zero-order valence-electron chi connectivity index (χ0n) is 11.0. The van der Waals surface area contributed by atoms with Crippen molar-refractivity contribution in [1.82, 2.24) is 4.98 Å². The van der Waals surface area contributed by atoms with Gasteiger partial charge in [-0.2, -0.15) is 0 Å². The molecule has 1 aromatic heterocycles. The minimum Gasteiger partial charge on any atom is -0.384 e. The fourth-order valence-electron chi connectivity index (χ4n) is 1.72. The van der Waals surface area contributed by atoms with Gasteiger partial charge in [-0.1, -0.05) is 19.8 Å². The van der Waals surface area contributed by atoms with E-state index in [-0.39, 0.29) is 5.84 Å². The molecule has 0 unspecified atom stereocenters. The smallest absolute Gasteiger partial charge is 0.129 e. The molecule has 0 radical (unpaired) electrons. The first kappa shape index (κ1) is 13.5. The quantitative estimate of drug-likeness (QED) is 0.451. The molecule has 1 rings (SSSR count). The van der Waals surface area contributed by atoms with Crippen LogP contribution in [0, 0.1) is 12.3 Å². The molecule has 4 nitrogen and oxygen atoms in total. The molecule has 17 heavy (non-hydrogen) atoms. The van der Waals surface area contributed by atoms with E-state index in [0.717, 1.165) is 30.0 Å². The summed E-state index contributed by atoms with van der Waals surface area (Å²) in [5.41, 5.74) is 7.15. The van der Waals surface area contributed by atoms with Crippen LogP contribution in [0.5, 0.6) is 0 Å². The van der Waals surface area contributed by atoms with Crippen LogP contribution in [0.2, 0.25) is 0 Å². The summed E-state index contributed by atoms with van der Waals surface area (Å²) in [7, 11) is 2.03. The monoisotopic (exact) mass is 234 g/mol. The molecule has 0 aromatic carbocycles. The topological polar surface area (TPSA) is 66.0 Å². The van der Waals surface area contributed by atoms with Crippen LogP contribution in [0.1, 0.15) is 37.4 Å². The van der Waals surface area contributed by atoms with Crippen molar-refractivity contribution in [3.05, 3.63) is 23.4 Å². The van der Waals surface area contributed by atoms with Crippen molar-refractivity contribution in [3.8, 4) is 0 Å². The van der Waals surface area contributed by atoms with Crippen LogP contribution in [0.25, 0.3) is 0 Å². The lowest BCUT2D eigenvalue weighted by Gasteiger charge is -2.19. The highest BCUT2D eigenvalue weighted by atomic mass is 15.2. The number of rotatable bonds is 6.